The second-order valence-corrected chi connectivity index (χ2v) is 3.99. The molecule has 0 aliphatic carbocycles. The van der Waals surface area contributed by atoms with Gasteiger partial charge in [-0.15, -0.1) is 0 Å². The van der Waals surface area contributed by atoms with Crippen LogP contribution in [-0.4, -0.2) is 38.4 Å². The summed E-state index contributed by atoms with van der Waals surface area (Å²) in [6, 6.07) is -0.0461. The first-order valence-electron chi connectivity index (χ1n) is 5.60. The summed E-state index contributed by atoms with van der Waals surface area (Å²) in [5.74, 6) is -0.265. The summed E-state index contributed by atoms with van der Waals surface area (Å²) in [6.07, 6.45) is 3.61. The molecule has 2 N–H and O–H groups in total. The fourth-order valence-electron chi connectivity index (χ4n) is 1.47. The van der Waals surface area contributed by atoms with Gasteiger partial charge in [-0.3, -0.25) is 19.6 Å². The van der Waals surface area contributed by atoms with E-state index in [1.165, 1.54) is 10.9 Å². The summed E-state index contributed by atoms with van der Waals surface area (Å²) in [6.45, 7) is 1.86. The molecule has 1 amide bonds. The zero-order chi connectivity index (χ0) is 13.5. The summed E-state index contributed by atoms with van der Waals surface area (Å²) in [5.41, 5.74) is -0.142. The SMILES string of the molecule is CC(CCCO)NC(=O)Cn1cc([N+](=O)[O-])cn1. The van der Waals surface area contributed by atoms with Crippen LogP contribution in [0.15, 0.2) is 12.4 Å². The van der Waals surface area contributed by atoms with Crippen LogP contribution in [0.3, 0.4) is 0 Å². The number of carbonyl (C=O) groups is 1. The Morgan fingerprint density at radius 1 is 1.72 bits per heavy atom. The zero-order valence-corrected chi connectivity index (χ0v) is 10.1. The molecule has 1 atom stereocenters. The minimum Gasteiger partial charge on any atom is -0.396 e. The lowest BCUT2D eigenvalue weighted by molar-refractivity contribution is -0.385. The number of aliphatic hydroxyl groups excluding tert-OH is 1. The number of nitrogens with zero attached hydrogens (tertiary/aromatic N) is 3. The van der Waals surface area contributed by atoms with Crippen LogP contribution in [0, 0.1) is 10.1 Å². The van der Waals surface area contributed by atoms with Crippen LogP contribution in [0.1, 0.15) is 19.8 Å². The predicted octanol–water partition coefficient (Wildman–Crippen LogP) is 0.0685. The molecule has 1 heterocycles. The van der Waals surface area contributed by atoms with Gasteiger partial charge in [0.25, 0.3) is 0 Å². The highest BCUT2D eigenvalue weighted by Crippen LogP contribution is 2.07. The van der Waals surface area contributed by atoms with Crippen LogP contribution in [0.4, 0.5) is 5.69 Å². The van der Waals surface area contributed by atoms with E-state index in [4.69, 9.17) is 5.11 Å². The maximum absolute atomic E-state index is 11.6. The molecule has 0 radical (unpaired) electrons. The highest BCUT2D eigenvalue weighted by atomic mass is 16.6. The van der Waals surface area contributed by atoms with E-state index in [1.807, 2.05) is 6.92 Å². The van der Waals surface area contributed by atoms with Crippen molar-refractivity contribution in [2.75, 3.05) is 6.61 Å². The van der Waals surface area contributed by atoms with E-state index in [-0.39, 0.29) is 30.8 Å². The van der Waals surface area contributed by atoms with Gasteiger partial charge in [0.05, 0.1) is 4.92 Å². The summed E-state index contributed by atoms with van der Waals surface area (Å²) >= 11 is 0. The molecule has 1 aromatic rings. The molecular formula is C10H16N4O4. The Balaban J connectivity index is 2.41. The van der Waals surface area contributed by atoms with Crippen molar-refractivity contribution < 1.29 is 14.8 Å². The van der Waals surface area contributed by atoms with Gasteiger partial charge in [-0.2, -0.15) is 5.10 Å². The molecule has 1 rings (SSSR count). The van der Waals surface area contributed by atoms with E-state index in [1.54, 1.807) is 0 Å². The van der Waals surface area contributed by atoms with E-state index in [0.29, 0.717) is 12.8 Å². The standard InChI is InChI=1S/C10H16N4O4/c1-8(3-2-4-15)12-10(16)7-13-6-9(5-11-13)14(17)18/h5-6,8,15H,2-4,7H2,1H3,(H,12,16). The van der Waals surface area contributed by atoms with Crippen LogP contribution in [0.5, 0.6) is 0 Å². The number of nitro groups is 1. The number of nitrogens with one attached hydrogen (secondary N) is 1. The molecule has 18 heavy (non-hydrogen) atoms. The molecule has 0 saturated carbocycles. The van der Waals surface area contributed by atoms with Crippen LogP contribution < -0.4 is 5.32 Å². The molecule has 0 fully saturated rings. The van der Waals surface area contributed by atoms with E-state index >= 15 is 0 Å². The molecule has 0 aliphatic rings. The molecule has 0 bridgehead atoms. The van der Waals surface area contributed by atoms with Crippen molar-refractivity contribution >= 4 is 11.6 Å². The van der Waals surface area contributed by atoms with Gasteiger partial charge in [-0.1, -0.05) is 0 Å². The zero-order valence-electron chi connectivity index (χ0n) is 10.1. The average molecular weight is 256 g/mol. The quantitative estimate of drug-likeness (QED) is 0.529. The number of rotatable bonds is 7. The van der Waals surface area contributed by atoms with E-state index in [0.717, 1.165) is 6.20 Å². The molecule has 1 aromatic heterocycles. The first-order chi connectivity index (χ1) is 8.52. The van der Waals surface area contributed by atoms with Crippen LogP contribution in [0.2, 0.25) is 0 Å². The third-order valence-electron chi connectivity index (χ3n) is 2.34. The van der Waals surface area contributed by atoms with Crippen LogP contribution in [0.25, 0.3) is 0 Å². The lowest BCUT2D eigenvalue weighted by Gasteiger charge is -2.12. The minimum absolute atomic E-state index is 0.0461. The first kappa shape index (κ1) is 14.1. The topological polar surface area (TPSA) is 110 Å². The van der Waals surface area contributed by atoms with Crippen molar-refractivity contribution in [2.24, 2.45) is 0 Å². The molecule has 1 unspecified atom stereocenters. The lowest BCUT2D eigenvalue weighted by Crippen LogP contribution is -2.35. The lowest BCUT2D eigenvalue weighted by atomic mass is 10.2. The third kappa shape index (κ3) is 4.50. The Kier molecular flexibility index (Phi) is 5.25. The molecule has 0 saturated heterocycles. The number of aliphatic hydroxyl groups is 1. The Morgan fingerprint density at radius 3 is 3.00 bits per heavy atom. The Labute approximate surface area is 104 Å². The molecule has 0 aromatic carbocycles. The highest BCUT2D eigenvalue weighted by molar-refractivity contribution is 5.75. The van der Waals surface area contributed by atoms with Gasteiger partial charge in [0.2, 0.25) is 5.91 Å². The van der Waals surface area contributed by atoms with Crippen LogP contribution >= 0.6 is 0 Å². The van der Waals surface area contributed by atoms with E-state index in [9.17, 15) is 14.9 Å². The summed E-state index contributed by atoms with van der Waals surface area (Å²) < 4.78 is 1.21. The van der Waals surface area contributed by atoms with Crippen molar-refractivity contribution in [3.63, 3.8) is 0 Å². The minimum atomic E-state index is -0.564. The van der Waals surface area contributed by atoms with Crippen molar-refractivity contribution in [1.82, 2.24) is 15.1 Å². The molecule has 8 nitrogen and oxygen atoms in total. The fraction of sp³-hybridized carbons (Fsp3) is 0.600. The Bertz CT molecular complexity index is 418. The van der Waals surface area contributed by atoms with Gasteiger partial charge in [0.1, 0.15) is 18.9 Å². The summed E-state index contributed by atoms with van der Waals surface area (Å²) in [5, 5.41) is 25.5. The first-order valence-corrected chi connectivity index (χ1v) is 5.60. The Morgan fingerprint density at radius 2 is 2.44 bits per heavy atom. The van der Waals surface area contributed by atoms with Gasteiger partial charge >= 0.3 is 5.69 Å². The van der Waals surface area contributed by atoms with Gasteiger partial charge in [-0.05, 0) is 19.8 Å². The average Bonchev–Trinajstić information content (AvgIpc) is 2.74. The number of carbonyl (C=O) groups excluding carboxylic acids is 1. The maximum Gasteiger partial charge on any atom is 0.307 e. The summed E-state index contributed by atoms with van der Waals surface area (Å²) in [4.78, 5) is 21.4. The van der Waals surface area contributed by atoms with Gasteiger partial charge in [0, 0.05) is 12.6 Å². The van der Waals surface area contributed by atoms with Gasteiger partial charge < -0.3 is 10.4 Å². The van der Waals surface area contributed by atoms with Crippen molar-refractivity contribution in [3.8, 4) is 0 Å². The summed E-state index contributed by atoms with van der Waals surface area (Å²) in [7, 11) is 0. The Hall–Kier alpha value is -1.96. The van der Waals surface area contributed by atoms with Gasteiger partial charge in [-0.25, -0.2) is 0 Å². The van der Waals surface area contributed by atoms with Crippen molar-refractivity contribution in [3.05, 3.63) is 22.5 Å². The second kappa shape index (κ2) is 6.70. The maximum atomic E-state index is 11.6. The van der Waals surface area contributed by atoms with E-state index in [2.05, 4.69) is 10.4 Å². The van der Waals surface area contributed by atoms with Crippen molar-refractivity contribution in [2.45, 2.75) is 32.4 Å². The molecule has 0 spiro atoms. The molecule has 0 aliphatic heterocycles. The number of aromatic nitrogens is 2. The number of amides is 1. The second-order valence-electron chi connectivity index (χ2n) is 3.99. The fourth-order valence-corrected chi connectivity index (χ4v) is 1.47. The third-order valence-corrected chi connectivity index (χ3v) is 2.34. The molecular weight excluding hydrogens is 240 g/mol. The monoisotopic (exact) mass is 256 g/mol. The predicted molar refractivity (Wildman–Crippen MR) is 62.8 cm³/mol. The van der Waals surface area contributed by atoms with Crippen molar-refractivity contribution in [1.29, 1.82) is 0 Å². The van der Waals surface area contributed by atoms with Gasteiger partial charge in [0.15, 0.2) is 0 Å². The van der Waals surface area contributed by atoms with Crippen LogP contribution in [-0.2, 0) is 11.3 Å². The molecule has 8 heteroatoms. The normalized spacial score (nSPS) is 12.1. The highest BCUT2D eigenvalue weighted by Gasteiger charge is 2.12. The van der Waals surface area contributed by atoms with E-state index < -0.39 is 4.92 Å². The molecule has 100 valence electrons. The number of hydrogen-bond acceptors (Lipinski definition) is 5. The largest absolute Gasteiger partial charge is 0.396 e. The number of hydrogen-bond donors (Lipinski definition) is 2. The smallest absolute Gasteiger partial charge is 0.307 e.